The molecule has 3 rings (SSSR count). The number of esters is 1. The Labute approximate surface area is 160 Å². The minimum Gasteiger partial charge on any atom is -0.454 e. The van der Waals surface area contributed by atoms with Gasteiger partial charge in [-0.25, -0.2) is 4.79 Å². The molecule has 0 aliphatic carbocycles. The molecule has 5 nitrogen and oxygen atoms in total. The van der Waals surface area contributed by atoms with Crippen LogP contribution < -0.4 is 0 Å². The first kappa shape index (κ1) is 19.4. The molecule has 0 bridgehead atoms. The predicted octanol–water partition coefficient (Wildman–Crippen LogP) is 3.94. The van der Waals surface area contributed by atoms with Gasteiger partial charge in [-0.1, -0.05) is 17.7 Å². The molecule has 1 aromatic heterocycles. The molecule has 0 saturated carbocycles. The molecule has 1 aliphatic heterocycles. The molecule has 1 fully saturated rings. The van der Waals surface area contributed by atoms with Gasteiger partial charge in [0.25, 0.3) is 0 Å². The lowest BCUT2D eigenvalue weighted by Crippen LogP contribution is -2.18. The molecule has 2 heterocycles. The fourth-order valence-corrected chi connectivity index (χ4v) is 3.69. The number of carbonyl (C=O) groups is 2. The molecule has 1 aromatic carbocycles. The van der Waals surface area contributed by atoms with Crippen molar-refractivity contribution in [1.82, 2.24) is 4.57 Å². The maximum atomic E-state index is 12.6. The first-order valence-corrected chi connectivity index (χ1v) is 9.42. The lowest BCUT2D eigenvalue weighted by Gasteiger charge is -2.14. The van der Waals surface area contributed by atoms with Crippen LogP contribution in [0, 0.1) is 27.7 Å². The normalized spacial score (nSPS) is 16.5. The van der Waals surface area contributed by atoms with Crippen molar-refractivity contribution in [2.24, 2.45) is 0 Å². The lowest BCUT2D eigenvalue weighted by molar-refractivity contribution is 0.0473. The van der Waals surface area contributed by atoms with Gasteiger partial charge in [0.05, 0.1) is 11.7 Å². The molecule has 144 valence electrons. The van der Waals surface area contributed by atoms with E-state index in [1.165, 1.54) is 0 Å². The van der Waals surface area contributed by atoms with Crippen molar-refractivity contribution < 1.29 is 19.1 Å². The number of Topliss-reactive ketones (excluding diaryl/α,β-unsaturated/α-hetero) is 1. The standard InChI is InChI=1S/C22H27NO4/c1-14-7-8-19(15(2)10-14)22(25)27-13-21(24)20-11-16(3)23(17(20)4)12-18-6-5-9-26-18/h7-8,10-11,18H,5-6,9,12-13H2,1-4H3/t18-/m1/s1. The zero-order valence-corrected chi connectivity index (χ0v) is 16.5. The van der Waals surface area contributed by atoms with Crippen LogP contribution in [0.15, 0.2) is 24.3 Å². The number of hydrogen-bond donors (Lipinski definition) is 0. The number of aryl methyl sites for hydroxylation is 3. The van der Waals surface area contributed by atoms with Gasteiger partial charge in [0.1, 0.15) is 0 Å². The summed E-state index contributed by atoms with van der Waals surface area (Å²) in [5.74, 6) is -0.645. The quantitative estimate of drug-likeness (QED) is 0.572. The second-order valence-electron chi connectivity index (χ2n) is 7.35. The highest BCUT2D eigenvalue weighted by atomic mass is 16.5. The van der Waals surface area contributed by atoms with Gasteiger partial charge < -0.3 is 14.0 Å². The number of hydrogen-bond acceptors (Lipinski definition) is 4. The SMILES string of the molecule is Cc1ccc(C(=O)OCC(=O)c2cc(C)n(C[C@H]3CCCO3)c2C)c(C)c1. The number of rotatable bonds is 6. The van der Waals surface area contributed by atoms with Gasteiger partial charge in [-0.15, -0.1) is 0 Å². The van der Waals surface area contributed by atoms with Crippen molar-refractivity contribution in [3.8, 4) is 0 Å². The third-order valence-electron chi connectivity index (χ3n) is 5.22. The first-order chi connectivity index (χ1) is 12.9. The fourth-order valence-electron chi connectivity index (χ4n) is 3.69. The summed E-state index contributed by atoms with van der Waals surface area (Å²) < 4.78 is 13.1. The van der Waals surface area contributed by atoms with E-state index in [0.29, 0.717) is 11.1 Å². The van der Waals surface area contributed by atoms with E-state index in [2.05, 4.69) is 4.57 Å². The van der Waals surface area contributed by atoms with Crippen LogP contribution in [0.2, 0.25) is 0 Å². The highest BCUT2D eigenvalue weighted by Gasteiger charge is 2.22. The summed E-state index contributed by atoms with van der Waals surface area (Å²) in [4.78, 5) is 24.9. The van der Waals surface area contributed by atoms with Gasteiger partial charge in [0.15, 0.2) is 6.61 Å². The van der Waals surface area contributed by atoms with Crippen molar-refractivity contribution in [3.63, 3.8) is 0 Å². The summed E-state index contributed by atoms with van der Waals surface area (Å²) in [6.07, 6.45) is 2.35. The zero-order chi connectivity index (χ0) is 19.6. The van der Waals surface area contributed by atoms with Crippen molar-refractivity contribution in [1.29, 1.82) is 0 Å². The van der Waals surface area contributed by atoms with Crippen LogP contribution in [-0.2, 0) is 16.0 Å². The highest BCUT2D eigenvalue weighted by molar-refractivity contribution is 6.00. The van der Waals surface area contributed by atoms with Crippen molar-refractivity contribution >= 4 is 11.8 Å². The number of carbonyl (C=O) groups excluding carboxylic acids is 2. The molecule has 5 heteroatoms. The van der Waals surface area contributed by atoms with Crippen LogP contribution in [0.3, 0.4) is 0 Å². The van der Waals surface area contributed by atoms with Gasteiger partial charge in [-0.2, -0.15) is 0 Å². The van der Waals surface area contributed by atoms with Crippen LogP contribution >= 0.6 is 0 Å². The summed E-state index contributed by atoms with van der Waals surface area (Å²) in [6.45, 7) is 9.07. The van der Waals surface area contributed by atoms with E-state index in [4.69, 9.17) is 9.47 Å². The number of ether oxygens (including phenoxy) is 2. The average Bonchev–Trinajstić information content (AvgIpc) is 3.23. The summed E-state index contributed by atoms with van der Waals surface area (Å²) in [5.41, 5.74) is 4.96. The molecule has 1 saturated heterocycles. The number of ketones is 1. The maximum absolute atomic E-state index is 12.6. The van der Waals surface area contributed by atoms with E-state index in [1.54, 1.807) is 6.07 Å². The van der Waals surface area contributed by atoms with Gasteiger partial charge in [0.2, 0.25) is 5.78 Å². The van der Waals surface area contributed by atoms with E-state index in [1.807, 2.05) is 45.9 Å². The van der Waals surface area contributed by atoms with Gasteiger partial charge in [0, 0.05) is 30.1 Å². The smallest absolute Gasteiger partial charge is 0.338 e. The lowest BCUT2D eigenvalue weighted by atomic mass is 10.1. The highest BCUT2D eigenvalue weighted by Crippen LogP contribution is 2.21. The summed E-state index contributed by atoms with van der Waals surface area (Å²) in [5, 5.41) is 0. The van der Waals surface area contributed by atoms with Gasteiger partial charge in [-0.3, -0.25) is 4.79 Å². The Bertz CT molecular complexity index is 859. The maximum Gasteiger partial charge on any atom is 0.338 e. The Morgan fingerprint density at radius 3 is 2.59 bits per heavy atom. The molecule has 0 spiro atoms. The second-order valence-corrected chi connectivity index (χ2v) is 7.35. The molecule has 0 amide bonds. The Kier molecular flexibility index (Phi) is 5.80. The molecule has 0 N–H and O–H groups in total. The molecule has 0 radical (unpaired) electrons. The Balaban J connectivity index is 1.66. The van der Waals surface area contributed by atoms with Crippen LogP contribution in [0.25, 0.3) is 0 Å². The predicted molar refractivity (Wildman–Crippen MR) is 103 cm³/mol. The number of nitrogens with zero attached hydrogens (tertiary/aromatic N) is 1. The minimum atomic E-state index is -0.464. The molecular formula is C22H27NO4. The van der Waals surface area contributed by atoms with E-state index in [-0.39, 0.29) is 18.5 Å². The summed E-state index contributed by atoms with van der Waals surface area (Å²) in [6, 6.07) is 7.41. The largest absolute Gasteiger partial charge is 0.454 e. The summed E-state index contributed by atoms with van der Waals surface area (Å²) in [7, 11) is 0. The number of benzene rings is 1. The zero-order valence-electron chi connectivity index (χ0n) is 16.5. The average molecular weight is 369 g/mol. The molecular weight excluding hydrogens is 342 g/mol. The monoisotopic (exact) mass is 369 g/mol. The minimum absolute atomic E-state index is 0.181. The van der Waals surface area contributed by atoms with Crippen LogP contribution in [-0.4, -0.2) is 35.6 Å². The fraction of sp³-hybridized carbons (Fsp3) is 0.455. The first-order valence-electron chi connectivity index (χ1n) is 9.42. The van der Waals surface area contributed by atoms with E-state index < -0.39 is 5.97 Å². The van der Waals surface area contributed by atoms with E-state index in [0.717, 1.165) is 48.5 Å². The Morgan fingerprint density at radius 1 is 1.15 bits per heavy atom. The molecule has 2 aromatic rings. The van der Waals surface area contributed by atoms with Crippen molar-refractivity contribution in [2.45, 2.75) is 53.2 Å². The molecule has 27 heavy (non-hydrogen) atoms. The van der Waals surface area contributed by atoms with Gasteiger partial charge >= 0.3 is 5.97 Å². The Hall–Kier alpha value is -2.40. The van der Waals surface area contributed by atoms with E-state index in [9.17, 15) is 9.59 Å². The van der Waals surface area contributed by atoms with Crippen LogP contribution in [0.1, 0.15) is 56.1 Å². The third kappa shape index (κ3) is 4.30. The van der Waals surface area contributed by atoms with Gasteiger partial charge in [-0.05, 0) is 58.2 Å². The molecule has 0 unspecified atom stereocenters. The molecule has 1 aliphatic rings. The van der Waals surface area contributed by atoms with Crippen molar-refractivity contribution in [3.05, 3.63) is 57.9 Å². The topological polar surface area (TPSA) is 57.5 Å². The Morgan fingerprint density at radius 2 is 1.93 bits per heavy atom. The third-order valence-corrected chi connectivity index (χ3v) is 5.22. The second kappa shape index (κ2) is 8.09. The van der Waals surface area contributed by atoms with E-state index >= 15 is 0 Å². The van der Waals surface area contributed by atoms with Crippen LogP contribution in [0.5, 0.6) is 0 Å². The molecule has 1 atom stereocenters. The van der Waals surface area contributed by atoms with Crippen molar-refractivity contribution in [2.75, 3.05) is 13.2 Å². The number of aromatic nitrogens is 1. The van der Waals surface area contributed by atoms with Crippen LogP contribution in [0.4, 0.5) is 0 Å². The summed E-state index contributed by atoms with van der Waals surface area (Å²) >= 11 is 0.